The molecule has 1 amide bonds. The Morgan fingerprint density at radius 1 is 1.19 bits per heavy atom. The van der Waals surface area contributed by atoms with Crippen molar-refractivity contribution in [2.45, 2.75) is 35.3 Å². The fraction of sp³-hybridized carbons (Fsp3) is 0.250. The number of aromatic nitrogens is 3. The van der Waals surface area contributed by atoms with E-state index in [4.69, 9.17) is 17.4 Å². The smallest absolute Gasteiger partial charge is 0.336 e. The fourth-order valence-corrected chi connectivity index (χ4v) is 4.21. The average Bonchev–Trinajstić information content (AvgIpc) is 3.50. The molecule has 4 rings (SSSR count). The van der Waals surface area contributed by atoms with Gasteiger partial charge in [-0.2, -0.15) is 13.2 Å². The number of halogens is 4. The van der Waals surface area contributed by atoms with Crippen LogP contribution in [0.3, 0.4) is 0 Å². The van der Waals surface area contributed by atoms with E-state index in [-0.39, 0.29) is 11.6 Å². The number of nitrogens with one attached hydrogen (secondary N) is 1. The molecule has 2 aromatic carbocycles. The summed E-state index contributed by atoms with van der Waals surface area (Å²) in [5, 5.41) is 9.84. The van der Waals surface area contributed by atoms with Crippen molar-refractivity contribution in [2.75, 3.05) is 11.2 Å². The Balaban J connectivity index is 1.61. The van der Waals surface area contributed by atoms with Crippen molar-refractivity contribution in [3.63, 3.8) is 0 Å². The van der Waals surface area contributed by atoms with E-state index in [0.717, 1.165) is 36.7 Å². The molecule has 1 aliphatic rings. The molecule has 162 valence electrons. The molecule has 0 aliphatic heterocycles. The van der Waals surface area contributed by atoms with Crippen LogP contribution in [0, 0.1) is 0 Å². The van der Waals surface area contributed by atoms with E-state index < -0.39 is 27.9 Å². The molecule has 1 aromatic heterocycles. The van der Waals surface area contributed by atoms with Gasteiger partial charge in [-0.3, -0.25) is 4.79 Å². The first kappa shape index (κ1) is 21.5. The molecule has 1 heterocycles. The summed E-state index contributed by atoms with van der Waals surface area (Å²) in [6.07, 6.45) is -2.66. The number of nitrogens with two attached hydrogens (primary N) is 1. The summed E-state index contributed by atoms with van der Waals surface area (Å²) in [4.78, 5) is 13.1. The summed E-state index contributed by atoms with van der Waals surface area (Å²) >= 11 is 6.74. The molecule has 6 nitrogen and oxygen atoms in total. The van der Waals surface area contributed by atoms with Gasteiger partial charge in [0.15, 0.2) is 5.82 Å². The molecule has 1 fully saturated rings. The summed E-state index contributed by atoms with van der Waals surface area (Å²) in [5.74, 6) is 6.51. The molecule has 11 heteroatoms. The molecular formula is C20H17ClF3N5OS. The van der Waals surface area contributed by atoms with Gasteiger partial charge in [0, 0.05) is 11.6 Å². The molecule has 0 radical (unpaired) electrons. The van der Waals surface area contributed by atoms with Crippen molar-refractivity contribution in [1.29, 1.82) is 0 Å². The molecule has 0 bridgehead atoms. The highest BCUT2D eigenvalue weighted by atomic mass is 35.5. The molecule has 1 saturated carbocycles. The summed E-state index contributed by atoms with van der Waals surface area (Å²) in [6, 6.07) is 12.1. The topological polar surface area (TPSA) is 85.8 Å². The second-order valence-corrected chi connectivity index (χ2v) is 8.55. The number of carbonyl (C=O) groups is 1. The first-order valence-corrected chi connectivity index (χ1v) is 10.6. The number of thioether (sulfide) groups is 1. The maximum Gasteiger partial charge on any atom is 0.417 e. The van der Waals surface area contributed by atoms with Gasteiger partial charge in [-0.1, -0.05) is 53.7 Å². The number of anilines is 1. The van der Waals surface area contributed by atoms with Crippen molar-refractivity contribution < 1.29 is 18.0 Å². The molecule has 0 unspecified atom stereocenters. The predicted octanol–water partition coefficient (Wildman–Crippen LogP) is 5.01. The van der Waals surface area contributed by atoms with Gasteiger partial charge < -0.3 is 11.2 Å². The minimum atomic E-state index is -4.64. The Morgan fingerprint density at radius 2 is 1.90 bits per heavy atom. The van der Waals surface area contributed by atoms with Crippen LogP contribution in [0.25, 0.3) is 0 Å². The monoisotopic (exact) mass is 467 g/mol. The third kappa shape index (κ3) is 4.80. The lowest BCUT2D eigenvalue weighted by molar-refractivity contribution is -0.137. The molecule has 3 aromatic rings. The molecule has 0 saturated heterocycles. The van der Waals surface area contributed by atoms with Crippen LogP contribution in [0.15, 0.2) is 53.7 Å². The van der Waals surface area contributed by atoms with Gasteiger partial charge in [0.1, 0.15) is 5.25 Å². The van der Waals surface area contributed by atoms with Crippen molar-refractivity contribution >= 4 is 35.0 Å². The lowest BCUT2D eigenvalue weighted by Gasteiger charge is -2.17. The van der Waals surface area contributed by atoms with Crippen LogP contribution in [0.4, 0.5) is 18.9 Å². The van der Waals surface area contributed by atoms with E-state index in [1.165, 1.54) is 10.7 Å². The van der Waals surface area contributed by atoms with Crippen LogP contribution in [-0.4, -0.2) is 20.8 Å². The van der Waals surface area contributed by atoms with E-state index in [1.807, 2.05) is 0 Å². The van der Waals surface area contributed by atoms with Gasteiger partial charge >= 0.3 is 6.18 Å². The number of benzene rings is 2. The number of nitrogens with zero attached hydrogens (tertiary/aromatic N) is 3. The Bertz CT molecular complexity index is 1100. The zero-order valence-corrected chi connectivity index (χ0v) is 17.5. The second-order valence-electron chi connectivity index (χ2n) is 7.08. The van der Waals surface area contributed by atoms with Gasteiger partial charge in [0.05, 0.1) is 10.6 Å². The van der Waals surface area contributed by atoms with Crippen LogP contribution in [0.1, 0.15) is 41.0 Å². The fourth-order valence-electron chi connectivity index (χ4n) is 3.02. The van der Waals surface area contributed by atoms with Crippen LogP contribution in [0.2, 0.25) is 5.02 Å². The second kappa shape index (κ2) is 8.43. The summed E-state index contributed by atoms with van der Waals surface area (Å²) in [5.41, 5.74) is -0.395. The quantitative estimate of drug-likeness (QED) is 0.393. The van der Waals surface area contributed by atoms with Gasteiger partial charge in [0.2, 0.25) is 11.1 Å². The first-order chi connectivity index (χ1) is 14.7. The SMILES string of the molecule is Nn1c(S[C@H](C(=O)Nc2ccc(Cl)c(C(F)(F)F)c2)c2ccccc2)nnc1C1CC1. The van der Waals surface area contributed by atoms with Crippen LogP contribution in [-0.2, 0) is 11.0 Å². The van der Waals surface area contributed by atoms with Gasteiger partial charge in [0.25, 0.3) is 0 Å². The van der Waals surface area contributed by atoms with Gasteiger partial charge in [-0.05, 0) is 36.6 Å². The van der Waals surface area contributed by atoms with Crippen LogP contribution in [0.5, 0.6) is 0 Å². The predicted molar refractivity (Wildman–Crippen MR) is 112 cm³/mol. The summed E-state index contributed by atoms with van der Waals surface area (Å²) in [7, 11) is 0. The van der Waals surface area contributed by atoms with Gasteiger partial charge in [-0.15, -0.1) is 10.2 Å². The van der Waals surface area contributed by atoms with E-state index in [1.54, 1.807) is 30.3 Å². The highest BCUT2D eigenvalue weighted by Gasteiger charge is 2.34. The Labute approximate surface area is 185 Å². The minimum Gasteiger partial charge on any atom is -0.336 e. The summed E-state index contributed by atoms with van der Waals surface area (Å²) in [6.45, 7) is 0. The standard InChI is InChI=1S/C20H17ClF3N5OS/c21-15-9-8-13(10-14(15)20(22,23)24)26-18(30)16(11-4-2-1-3-5-11)31-19-28-27-17(29(19)25)12-6-7-12/h1-5,8-10,12,16H,6-7,25H2,(H,26,30)/t16-/m0/s1. The first-order valence-electron chi connectivity index (χ1n) is 9.33. The van der Waals surface area contributed by atoms with Crippen LogP contribution >= 0.6 is 23.4 Å². The number of nitrogen functional groups attached to an aromatic ring is 1. The Hall–Kier alpha value is -2.72. The lowest BCUT2D eigenvalue weighted by atomic mass is 10.1. The van der Waals surface area contributed by atoms with Gasteiger partial charge in [-0.25, -0.2) is 4.68 Å². The number of rotatable bonds is 6. The highest BCUT2D eigenvalue weighted by Crippen LogP contribution is 2.41. The largest absolute Gasteiger partial charge is 0.417 e. The molecule has 0 spiro atoms. The maximum absolute atomic E-state index is 13.2. The molecule has 1 aliphatic carbocycles. The number of carbonyl (C=O) groups excluding carboxylic acids is 1. The number of alkyl halides is 3. The molecular weight excluding hydrogens is 451 g/mol. The highest BCUT2D eigenvalue weighted by molar-refractivity contribution is 8.00. The normalized spacial score (nSPS) is 15.0. The molecule has 3 N–H and O–H groups in total. The molecule has 1 atom stereocenters. The zero-order valence-electron chi connectivity index (χ0n) is 15.9. The maximum atomic E-state index is 13.2. The van der Waals surface area contributed by atoms with Crippen molar-refractivity contribution in [2.24, 2.45) is 0 Å². The van der Waals surface area contributed by atoms with E-state index in [0.29, 0.717) is 16.5 Å². The van der Waals surface area contributed by atoms with Crippen LogP contribution < -0.4 is 11.2 Å². The summed E-state index contributed by atoms with van der Waals surface area (Å²) < 4.78 is 40.9. The van der Waals surface area contributed by atoms with E-state index in [9.17, 15) is 18.0 Å². The Kier molecular flexibility index (Phi) is 5.85. The van der Waals surface area contributed by atoms with E-state index >= 15 is 0 Å². The number of hydrogen-bond donors (Lipinski definition) is 2. The lowest BCUT2D eigenvalue weighted by Crippen LogP contribution is -2.21. The third-order valence-corrected chi connectivity index (χ3v) is 6.28. The molecule has 31 heavy (non-hydrogen) atoms. The zero-order chi connectivity index (χ0) is 22.2. The minimum absolute atomic E-state index is 0.0175. The van der Waals surface area contributed by atoms with Crippen molar-refractivity contribution in [3.8, 4) is 0 Å². The van der Waals surface area contributed by atoms with Crippen molar-refractivity contribution in [3.05, 3.63) is 70.5 Å². The Morgan fingerprint density at radius 3 is 2.55 bits per heavy atom. The van der Waals surface area contributed by atoms with E-state index in [2.05, 4.69) is 15.5 Å². The third-order valence-electron chi connectivity index (χ3n) is 4.74. The number of hydrogen-bond acceptors (Lipinski definition) is 5. The average molecular weight is 468 g/mol. The number of amides is 1. The van der Waals surface area contributed by atoms with Crippen molar-refractivity contribution in [1.82, 2.24) is 14.9 Å².